The maximum absolute atomic E-state index is 10.9. The zero-order valence-electron chi connectivity index (χ0n) is 11.4. The number of aliphatic carboxylic acids is 1. The molecule has 0 amide bonds. The first kappa shape index (κ1) is 13.2. The normalized spacial score (nSPS) is 17.9. The lowest BCUT2D eigenvalue weighted by molar-refractivity contribution is -0.138. The SMILES string of the molecule is O=C(O)CN(Cc1ccc2c(c1)OCCCO2)C1CC1. The van der Waals surface area contributed by atoms with Crippen molar-refractivity contribution in [2.24, 2.45) is 0 Å². The standard InChI is InChI=1S/C15H19NO4/c17-15(18)10-16(12-3-4-12)9-11-2-5-13-14(8-11)20-7-1-6-19-13/h2,5,8,12H,1,3-4,6-7,9-10H2,(H,17,18). The summed E-state index contributed by atoms with van der Waals surface area (Å²) in [6, 6.07) is 6.30. The van der Waals surface area contributed by atoms with E-state index < -0.39 is 5.97 Å². The van der Waals surface area contributed by atoms with Crippen molar-refractivity contribution in [2.75, 3.05) is 19.8 Å². The predicted octanol–water partition coefficient (Wildman–Crippen LogP) is 1.90. The van der Waals surface area contributed by atoms with E-state index in [2.05, 4.69) is 0 Å². The molecular weight excluding hydrogens is 258 g/mol. The zero-order valence-corrected chi connectivity index (χ0v) is 11.4. The van der Waals surface area contributed by atoms with E-state index in [0.29, 0.717) is 25.8 Å². The highest BCUT2D eigenvalue weighted by Gasteiger charge is 2.30. The van der Waals surface area contributed by atoms with Gasteiger partial charge in [0.25, 0.3) is 0 Å². The Balaban J connectivity index is 1.72. The maximum atomic E-state index is 10.9. The van der Waals surface area contributed by atoms with Gasteiger partial charge in [0.2, 0.25) is 0 Å². The molecule has 1 aromatic carbocycles. The fourth-order valence-electron chi connectivity index (χ4n) is 2.47. The lowest BCUT2D eigenvalue weighted by atomic mass is 10.2. The quantitative estimate of drug-likeness (QED) is 0.890. The first-order valence-corrected chi connectivity index (χ1v) is 7.07. The van der Waals surface area contributed by atoms with Crippen molar-refractivity contribution < 1.29 is 19.4 Å². The summed E-state index contributed by atoms with van der Waals surface area (Å²) >= 11 is 0. The third-order valence-electron chi connectivity index (χ3n) is 3.60. The molecule has 0 atom stereocenters. The van der Waals surface area contributed by atoms with Gasteiger partial charge in [0.15, 0.2) is 11.5 Å². The van der Waals surface area contributed by atoms with Crippen molar-refractivity contribution >= 4 is 5.97 Å². The first-order chi connectivity index (χ1) is 9.72. The highest BCUT2D eigenvalue weighted by Crippen LogP contribution is 2.32. The zero-order chi connectivity index (χ0) is 13.9. The van der Waals surface area contributed by atoms with E-state index in [1.54, 1.807) is 0 Å². The van der Waals surface area contributed by atoms with Crippen LogP contribution in [0.15, 0.2) is 18.2 Å². The third kappa shape index (κ3) is 3.22. The topological polar surface area (TPSA) is 59.0 Å². The van der Waals surface area contributed by atoms with Gasteiger partial charge in [0.05, 0.1) is 19.8 Å². The molecule has 0 aromatic heterocycles. The van der Waals surface area contributed by atoms with Crippen LogP contribution in [0.2, 0.25) is 0 Å². The Morgan fingerprint density at radius 1 is 1.25 bits per heavy atom. The van der Waals surface area contributed by atoms with E-state index >= 15 is 0 Å². The van der Waals surface area contributed by atoms with Crippen LogP contribution in [0.25, 0.3) is 0 Å². The molecular formula is C15H19NO4. The Morgan fingerprint density at radius 3 is 2.70 bits per heavy atom. The van der Waals surface area contributed by atoms with E-state index in [1.165, 1.54) is 0 Å². The van der Waals surface area contributed by atoms with Crippen LogP contribution in [0, 0.1) is 0 Å². The molecule has 5 nitrogen and oxygen atoms in total. The maximum Gasteiger partial charge on any atom is 0.317 e. The van der Waals surface area contributed by atoms with Crippen LogP contribution < -0.4 is 9.47 Å². The summed E-state index contributed by atoms with van der Waals surface area (Å²) in [5.41, 5.74) is 1.07. The molecule has 0 bridgehead atoms. The Bertz CT molecular complexity index is 499. The Morgan fingerprint density at radius 2 is 2.00 bits per heavy atom. The number of hydrogen-bond acceptors (Lipinski definition) is 4. The molecule has 2 aliphatic rings. The molecule has 1 aromatic rings. The molecule has 1 aliphatic heterocycles. The monoisotopic (exact) mass is 277 g/mol. The molecule has 0 unspecified atom stereocenters. The van der Waals surface area contributed by atoms with Crippen LogP contribution in [0.4, 0.5) is 0 Å². The largest absolute Gasteiger partial charge is 0.490 e. The molecule has 1 N–H and O–H groups in total. The van der Waals surface area contributed by atoms with Gasteiger partial charge in [-0.1, -0.05) is 6.07 Å². The fraction of sp³-hybridized carbons (Fsp3) is 0.533. The third-order valence-corrected chi connectivity index (χ3v) is 3.60. The molecule has 5 heteroatoms. The number of nitrogens with zero attached hydrogens (tertiary/aromatic N) is 1. The second kappa shape index (κ2) is 5.71. The van der Waals surface area contributed by atoms with Crippen molar-refractivity contribution in [3.05, 3.63) is 23.8 Å². The van der Waals surface area contributed by atoms with E-state index in [0.717, 1.165) is 36.3 Å². The summed E-state index contributed by atoms with van der Waals surface area (Å²) in [4.78, 5) is 12.9. The van der Waals surface area contributed by atoms with E-state index in [9.17, 15) is 4.79 Å². The van der Waals surface area contributed by atoms with Crippen LogP contribution in [0.1, 0.15) is 24.8 Å². The molecule has 1 aliphatic carbocycles. The van der Waals surface area contributed by atoms with Crippen LogP contribution >= 0.6 is 0 Å². The number of ether oxygens (including phenoxy) is 2. The molecule has 1 fully saturated rings. The molecule has 0 spiro atoms. The second-order valence-corrected chi connectivity index (χ2v) is 5.36. The molecule has 3 rings (SSSR count). The van der Waals surface area contributed by atoms with Crippen molar-refractivity contribution in [1.29, 1.82) is 0 Å². The number of hydrogen-bond donors (Lipinski definition) is 1. The number of fused-ring (bicyclic) bond motifs is 1. The highest BCUT2D eigenvalue weighted by molar-refractivity contribution is 5.69. The summed E-state index contributed by atoms with van der Waals surface area (Å²) in [6.07, 6.45) is 3.08. The van der Waals surface area contributed by atoms with Gasteiger partial charge < -0.3 is 14.6 Å². The Labute approximate surface area is 118 Å². The van der Waals surface area contributed by atoms with Crippen LogP contribution in [0.5, 0.6) is 11.5 Å². The summed E-state index contributed by atoms with van der Waals surface area (Å²) in [6.45, 7) is 2.09. The van der Waals surface area contributed by atoms with Gasteiger partial charge in [0.1, 0.15) is 0 Å². The minimum Gasteiger partial charge on any atom is -0.490 e. The number of rotatable bonds is 5. The summed E-state index contributed by atoms with van der Waals surface area (Å²) in [7, 11) is 0. The lowest BCUT2D eigenvalue weighted by Crippen LogP contribution is -2.31. The van der Waals surface area contributed by atoms with Crippen LogP contribution in [-0.4, -0.2) is 41.8 Å². The van der Waals surface area contributed by atoms with Crippen LogP contribution in [0.3, 0.4) is 0 Å². The Hall–Kier alpha value is -1.75. The van der Waals surface area contributed by atoms with Crippen molar-refractivity contribution in [2.45, 2.75) is 31.8 Å². The number of carboxylic acids is 1. The number of benzene rings is 1. The minimum atomic E-state index is -0.772. The molecule has 1 saturated carbocycles. The van der Waals surface area contributed by atoms with Gasteiger partial charge in [-0.15, -0.1) is 0 Å². The number of carboxylic acid groups (broad SMARTS) is 1. The summed E-state index contributed by atoms with van der Waals surface area (Å²) in [5.74, 6) is 0.778. The fourth-order valence-corrected chi connectivity index (χ4v) is 2.47. The molecule has 20 heavy (non-hydrogen) atoms. The van der Waals surface area contributed by atoms with E-state index in [-0.39, 0.29) is 6.54 Å². The lowest BCUT2D eigenvalue weighted by Gasteiger charge is -2.20. The van der Waals surface area contributed by atoms with E-state index in [1.807, 2.05) is 23.1 Å². The smallest absolute Gasteiger partial charge is 0.317 e. The number of carbonyl (C=O) groups is 1. The van der Waals surface area contributed by atoms with Crippen LogP contribution in [-0.2, 0) is 11.3 Å². The molecule has 1 heterocycles. The average molecular weight is 277 g/mol. The second-order valence-electron chi connectivity index (χ2n) is 5.36. The van der Waals surface area contributed by atoms with Gasteiger partial charge in [-0.3, -0.25) is 9.69 Å². The van der Waals surface area contributed by atoms with Gasteiger partial charge >= 0.3 is 5.97 Å². The van der Waals surface area contributed by atoms with E-state index in [4.69, 9.17) is 14.6 Å². The Kier molecular flexibility index (Phi) is 3.78. The van der Waals surface area contributed by atoms with Gasteiger partial charge in [0, 0.05) is 19.0 Å². The highest BCUT2D eigenvalue weighted by atomic mass is 16.5. The molecule has 0 radical (unpaired) electrons. The summed E-state index contributed by atoms with van der Waals surface area (Å²) in [5, 5.41) is 8.98. The summed E-state index contributed by atoms with van der Waals surface area (Å²) < 4.78 is 11.3. The predicted molar refractivity (Wildman–Crippen MR) is 73.1 cm³/mol. The van der Waals surface area contributed by atoms with Gasteiger partial charge in [-0.05, 0) is 30.5 Å². The molecule has 0 saturated heterocycles. The van der Waals surface area contributed by atoms with Crippen molar-refractivity contribution in [1.82, 2.24) is 4.90 Å². The molecule has 108 valence electrons. The first-order valence-electron chi connectivity index (χ1n) is 7.07. The van der Waals surface area contributed by atoms with Crippen molar-refractivity contribution in [3.8, 4) is 11.5 Å². The van der Waals surface area contributed by atoms with Gasteiger partial charge in [-0.25, -0.2) is 0 Å². The van der Waals surface area contributed by atoms with Gasteiger partial charge in [-0.2, -0.15) is 0 Å². The average Bonchev–Trinajstić information content (AvgIpc) is 3.24. The minimum absolute atomic E-state index is 0.0963. The van der Waals surface area contributed by atoms with Crippen molar-refractivity contribution in [3.63, 3.8) is 0 Å².